The Hall–Kier alpha value is -1.28. The number of nitrogens with two attached hydrogens (primary N) is 1. The van der Waals surface area contributed by atoms with Gasteiger partial charge in [0.05, 0.1) is 7.11 Å². The van der Waals surface area contributed by atoms with Crippen LogP contribution in [0.15, 0.2) is 36.9 Å². The second kappa shape index (κ2) is 4.67. The van der Waals surface area contributed by atoms with E-state index in [0.29, 0.717) is 0 Å². The Kier molecular flexibility index (Phi) is 3.53. The van der Waals surface area contributed by atoms with Gasteiger partial charge in [0.1, 0.15) is 5.75 Å². The van der Waals surface area contributed by atoms with E-state index in [-0.39, 0.29) is 6.04 Å². The summed E-state index contributed by atoms with van der Waals surface area (Å²) in [6, 6.07) is 7.77. The third kappa shape index (κ3) is 2.33. The van der Waals surface area contributed by atoms with Crippen LogP contribution in [-0.4, -0.2) is 7.11 Å². The summed E-state index contributed by atoms with van der Waals surface area (Å²) in [5.41, 5.74) is 6.96. The Bertz CT molecular complexity index is 283. The lowest BCUT2D eigenvalue weighted by molar-refractivity contribution is 0.406. The largest absolute Gasteiger partial charge is 0.496 e. The third-order valence-corrected chi connectivity index (χ3v) is 1.96. The zero-order valence-corrected chi connectivity index (χ0v) is 7.86. The van der Waals surface area contributed by atoms with Crippen molar-refractivity contribution >= 4 is 0 Å². The van der Waals surface area contributed by atoms with Crippen LogP contribution in [0.4, 0.5) is 0 Å². The van der Waals surface area contributed by atoms with Crippen LogP contribution in [-0.2, 0) is 0 Å². The topological polar surface area (TPSA) is 35.2 Å². The highest BCUT2D eigenvalue weighted by Gasteiger charge is 2.08. The molecule has 2 N–H and O–H groups in total. The summed E-state index contributed by atoms with van der Waals surface area (Å²) in [4.78, 5) is 0. The molecule has 0 aliphatic carbocycles. The van der Waals surface area contributed by atoms with Gasteiger partial charge in [0.25, 0.3) is 0 Å². The molecular formula is C11H15NO. The van der Waals surface area contributed by atoms with Gasteiger partial charge in [-0.3, -0.25) is 0 Å². The number of benzene rings is 1. The number of hydrogen-bond acceptors (Lipinski definition) is 2. The van der Waals surface area contributed by atoms with Crippen LogP contribution in [0.3, 0.4) is 0 Å². The molecule has 0 heterocycles. The Labute approximate surface area is 79.0 Å². The van der Waals surface area contributed by atoms with E-state index in [9.17, 15) is 0 Å². The van der Waals surface area contributed by atoms with E-state index < -0.39 is 0 Å². The van der Waals surface area contributed by atoms with E-state index in [0.717, 1.165) is 17.7 Å². The molecule has 0 saturated carbocycles. The van der Waals surface area contributed by atoms with Crippen molar-refractivity contribution in [2.75, 3.05) is 7.11 Å². The third-order valence-electron chi connectivity index (χ3n) is 1.96. The van der Waals surface area contributed by atoms with Gasteiger partial charge < -0.3 is 10.5 Å². The number of ether oxygens (including phenoxy) is 1. The first-order valence-corrected chi connectivity index (χ1v) is 4.29. The fraction of sp³-hybridized carbons (Fsp3) is 0.273. The standard InChI is InChI=1S/C11H15NO/c1-3-6-10(12)9-7-4-5-8-11(9)13-2/h3-5,7-8,10H,1,6,12H2,2H3. The second-order valence-corrected chi connectivity index (χ2v) is 2.87. The van der Waals surface area contributed by atoms with Crippen LogP contribution >= 0.6 is 0 Å². The first-order chi connectivity index (χ1) is 6.29. The van der Waals surface area contributed by atoms with Crippen molar-refractivity contribution in [3.8, 4) is 5.75 Å². The van der Waals surface area contributed by atoms with Crippen LogP contribution in [0.5, 0.6) is 5.75 Å². The Morgan fingerprint density at radius 2 is 2.23 bits per heavy atom. The molecule has 0 spiro atoms. The fourth-order valence-electron chi connectivity index (χ4n) is 1.28. The van der Waals surface area contributed by atoms with Gasteiger partial charge in [0, 0.05) is 11.6 Å². The highest BCUT2D eigenvalue weighted by atomic mass is 16.5. The van der Waals surface area contributed by atoms with Crippen LogP contribution in [0.1, 0.15) is 18.0 Å². The van der Waals surface area contributed by atoms with Crippen molar-refractivity contribution in [2.24, 2.45) is 5.73 Å². The maximum Gasteiger partial charge on any atom is 0.123 e. The van der Waals surface area contributed by atoms with Crippen molar-refractivity contribution < 1.29 is 4.74 Å². The lowest BCUT2D eigenvalue weighted by atomic mass is 10.0. The molecule has 1 aromatic carbocycles. The molecule has 13 heavy (non-hydrogen) atoms. The smallest absolute Gasteiger partial charge is 0.123 e. The van der Waals surface area contributed by atoms with E-state index in [1.54, 1.807) is 7.11 Å². The summed E-state index contributed by atoms with van der Waals surface area (Å²) in [5.74, 6) is 0.844. The average molecular weight is 177 g/mol. The van der Waals surface area contributed by atoms with Gasteiger partial charge in [-0.05, 0) is 12.5 Å². The SMILES string of the molecule is C=CCC(N)c1ccccc1OC. The minimum absolute atomic E-state index is 0.0198. The Morgan fingerprint density at radius 1 is 1.54 bits per heavy atom. The summed E-state index contributed by atoms with van der Waals surface area (Å²) in [5, 5.41) is 0. The molecule has 1 aromatic rings. The summed E-state index contributed by atoms with van der Waals surface area (Å²) in [6.07, 6.45) is 2.58. The van der Waals surface area contributed by atoms with Crippen LogP contribution in [0, 0.1) is 0 Å². The van der Waals surface area contributed by atoms with Crippen molar-refractivity contribution in [1.82, 2.24) is 0 Å². The van der Waals surface area contributed by atoms with Crippen LogP contribution in [0.25, 0.3) is 0 Å². The van der Waals surface area contributed by atoms with Crippen molar-refractivity contribution in [3.63, 3.8) is 0 Å². The fourth-order valence-corrected chi connectivity index (χ4v) is 1.28. The van der Waals surface area contributed by atoms with Crippen molar-refractivity contribution in [2.45, 2.75) is 12.5 Å². The molecular weight excluding hydrogens is 162 g/mol. The number of para-hydroxylation sites is 1. The molecule has 70 valence electrons. The van der Waals surface area contributed by atoms with Gasteiger partial charge in [0.2, 0.25) is 0 Å². The second-order valence-electron chi connectivity index (χ2n) is 2.87. The van der Waals surface area contributed by atoms with Crippen molar-refractivity contribution in [3.05, 3.63) is 42.5 Å². The summed E-state index contributed by atoms with van der Waals surface area (Å²) < 4.78 is 5.20. The van der Waals surface area contributed by atoms with Gasteiger partial charge in [0.15, 0.2) is 0 Å². The summed E-state index contributed by atoms with van der Waals surface area (Å²) in [7, 11) is 1.65. The molecule has 2 nitrogen and oxygen atoms in total. The molecule has 1 rings (SSSR count). The molecule has 0 amide bonds. The minimum Gasteiger partial charge on any atom is -0.496 e. The number of methoxy groups -OCH3 is 1. The Morgan fingerprint density at radius 3 is 2.85 bits per heavy atom. The zero-order valence-electron chi connectivity index (χ0n) is 7.86. The van der Waals surface area contributed by atoms with E-state index >= 15 is 0 Å². The van der Waals surface area contributed by atoms with Gasteiger partial charge in [-0.2, -0.15) is 0 Å². The van der Waals surface area contributed by atoms with Crippen LogP contribution in [0.2, 0.25) is 0 Å². The average Bonchev–Trinajstić information content (AvgIpc) is 2.18. The quantitative estimate of drug-likeness (QED) is 0.716. The lowest BCUT2D eigenvalue weighted by Gasteiger charge is -2.13. The van der Waals surface area contributed by atoms with E-state index in [4.69, 9.17) is 10.5 Å². The summed E-state index contributed by atoms with van der Waals surface area (Å²) in [6.45, 7) is 3.66. The molecule has 0 aromatic heterocycles. The van der Waals surface area contributed by atoms with Crippen molar-refractivity contribution in [1.29, 1.82) is 0 Å². The highest BCUT2D eigenvalue weighted by molar-refractivity contribution is 5.35. The first-order valence-electron chi connectivity index (χ1n) is 4.29. The van der Waals surface area contributed by atoms with E-state index in [1.807, 2.05) is 30.3 Å². The molecule has 0 bridgehead atoms. The normalized spacial score (nSPS) is 12.2. The van der Waals surface area contributed by atoms with Gasteiger partial charge >= 0.3 is 0 Å². The number of rotatable bonds is 4. The Balaban J connectivity index is 2.91. The lowest BCUT2D eigenvalue weighted by Crippen LogP contribution is -2.10. The predicted octanol–water partition coefficient (Wildman–Crippen LogP) is 2.27. The first kappa shape index (κ1) is 9.81. The molecule has 0 radical (unpaired) electrons. The maximum absolute atomic E-state index is 5.93. The monoisotopic (exact) mass is 177 g/mol. The molecule has 0 fully saturated rings. The highest BCUT2D eigenvalue weighted by Crippen LogP contribution is 2.24. The van der Waals surface area contributed by atoms with E-state index in [2.05, 4.69) is 6.58 Å². The molecule has 0 aliphatic heterocycles. The molecule has 1 unspecified atom stereocenters. The minimum atomic E-state index is -0.0198. The molecule has 0 saturated heterocycles. The maximum atomic E-state index is 5.93. The summed E-state index contributed by atoms with van der Waals surface area (Å²) >= 11 is 0. The zero-order chi connectivity index (χ0) is 9.68. The number of hydrogen-bond donors (Lipinski definition) is 1. The molecule has 2 heteroatoms. The van der Waals surface area contributed by atoms with E-state index in [1.165, 1.54) is 0 Å². The molecule has 1 atom stereocenters. The molecule has 0 aliphatic rings. The predicted molar refractivity (Wildman–Crippen MR) is 54.7 cm³/mol. The van der Waals surface area contributed by atoms with Gasteiger partial charge in [-0.25, -0.2) is 0 Å². The van der Waals surface area contributed by atoms with Gasteiger partial charge in [-0.1, -0.05) is 24.3 Å². The van der Waals surface area contributed by atoms with Gasteiger partial charge in [-0.15, -0.1) is 6.58 Å². The van der Waals surface area contributed by atoms with Crippen LogP contribution < -0.4 is 10.5 Å².